The van der Waals surface area contributed by atoms with E-state index in [1.165, 1.54) is 12.1 Å². The minimum Gasteiger partial charge on any atom is -0.276 e. The van der Waals surface area contributed by atoms with Crippen LogP contribution in [0.3, 0.4) is 0 Å². The summed E-state index contributed by atoms with van der Waals surface area (Å²) in [5, 5.41) is 9.45. The molecule has 0 radical (unpaired) electrons. The lowest BCUT2D eigenvalue weighted by atomic mass is 10.2. The molecule has 0 aliphatic heterocycles. The zero-order valence-electron chi connectivity index (χ0n) is 6.46. The monoisotopic (exact) mass is 345 g/mol. The molecular formula is C7H2Cl2INO3. The van der Waals surface area contributed by atoms with Gasteiger partial charge in [-0.2, -0.15) is 0 Å². The molecule has 0 saturated heterocycles. The minimum absolute atomic E-state index is 0.0249. The van der Waals surface area contributed by atoms with Gasteiger partial charge < -0.3 is 0 Å². The molecule has 0 aliphatic carbocycles. The van der Waals surface area contributed by atoms with Crippen molar-refractivity contribution in [2.24, 2.45) is 0 Å². The second kappa shape index (κ2) is 4.41. The highest BCUT2D eigenvalue weighted by molar-refractivity contribution is 14.1. The number of nitro groups is 1. The Hall–Kier alpha value is -0.400. The Morgan fingerprint density at radius 3 is 2.50 bits per heavy atom. The number of nitrogens with zero attached hydrogens (tertiary/aromatic N) is 1. The molecular weight excluding hydrogens is 344 g/mol. The number of hydrogen-bond acceptors (Lipinski definition) is 3. The first kappa shape index (κ1) is 11.7. The summed E-state index contributed by atoms with van der Waals surface area (Å²) >= 11 is 12.7. The van der Waals surface area contributed by atoms with Crippen molar-refractivity contribution >= 4 is 56.7 Å². The SMILES string of the molecule is O=C(Cl)c1c(I)ccc([N+](=O)[O-])c1Cl. The fourth-order valence-electron chi connectivity index (χ4n) is 0.863. The molecule has 0 atom stereocenters. The van der Waals surface area contributed by atoms with Gasteiger partial charge in [0.1, 0.15) is 5.02 Å². The molecule has 0 N–H and O–H groups in total. The van der Waals surface area contributed by atoms with Crippen molar-refractivity contribution in [3.05, 3.63) is 36.4 Å². The summed E-state index contributed by atoms with van der Waals surface area (Å²) in [6.07, 6.45) is 0. The van der Waals surface area contributed by atoms with Gasteiger partial charge in [-0.1, -0.05) is 11.6 Å². The van der Waals surface area contributed by atoms with Gasteiger partial charge in [0, 0.05) is 9.64 Å². The van der Waals surface area contributed by atoms with Crippen LogP contribution >= 0.6 is 45.8 Å². The molecule has 0 aromatic heterocycles. The van der Waals surface area contributed by atoms with Crippen molar-refractivity contribution in [3.8, 4) is 0 Å². The molecule has 0 aliphatic rings. The van der Waals surface area contributed by atoms with Gasteiger partial charge in [0.15, 0.2) is 0 Å². The van der Waals surface area contributed by atoms with Gasteiger partial charge in [-0.05, 0) is 40.3 Å². The van der Waals surface area contributed by atoms with Crippen molar-refractivity contribution in [1.29, 1.82) is 0 Å². The lowest BCUT2D eigenvalue weighted by molar-refractivity contribution is -0.384. The van der Waals surface area contributed by atoms with Crippen molar-refractivity contribution in [2.45, 2.75) is 0 Å². The zero-order chi connectivity index (χ0) is 10.9. The maximum atomic E-state index is 10.9. The molecule has 74 valence electrons. The van der Waals surface area contributed by atoms with Gasteiger partial charge in [-0.25, -0.2) is 0 Å². The topological polar surface area (TPSA) is 60.2 Å². The summed E-state index contributed by atoms with van der Waals surface area (Å²) in [4.78, 5) is 20.7. The molecule has 0 fully saturated rings. The molecule has 4 nitrogen and oxygen atoms in total. The summed E-state index contributed by atoms with van der Waals surface area (Å²) in [5.74, 6) is 0. The first-order valence-electron chi connectivity index (χ1n) is 3.27. The molecule has 0 spiro atoms. The summed E-state index contributed by atoms with van der Waals surface area (Å²) in [6, 6.07) is 2.65. The molecule has 0 saturated carbocycles. The van der Waals surface area contributed by atoms with Crippen LogP contribution in [0.5, 0.6) is 0 Å². The molecule has 0 unspecified atom stereocenters. The number of nitro benzene ring substituents is 1. The van der Waals surface area contributed by atoms with Crippen LogP contribution in [0, 0.1) is 13.7 Å². The van der Waals surface area contributed by atoms with Crippen LogP contribution in [0.15, 0.2) is 12.1 Å². The number of rotatable bonds is 2. The highest BCUT2D eigenvalue weighted by Gasteiger charge is 2.21. The fraction of sp³-hybridized carbons (Fsp3) is 0. The Morgan fingerprint density at radius 2 is 2.07 bits per heavy atom. The van der Waals surface area contributed by atoms with E-state index in [1.807, 2.05) is 22.6 Å². The number of benzene rings is 1. The smallest absolute Gasteiger partial charge is 0.276 e. The van der Waals surface area contributed by atoms with Gasteiger partial charge in [0.2, 0.25) is 0 Å². The standard InChI is InChI=1S/C7H2Cl2INO3/c8-6-4(11(13)14)2-1-3(10)5(6)7(9)12/h1-2H. The Balaban J connectivity index is 3.49. The lowest BCUT2D eigenvalue weighted by Crippen LogP contribution is -1.99. The van der Waals surface area contributed by atoms with Gasteiger partial charge >= 0.3 is 0 Å². The maximum Gasteiger partial charge on any atom is 0.288 e. The fourth-order valence-corrected chi connectivity index (χ4v) is 2.44. The normalized spacial score (nSPS) is 9.93. The lowest BCUT2D eigenvalue weighted by Gasteiger charge is -2.01. The number of halogens is 3. The first-order valence-corrected chi connectivity index (χ1v) is 5.11. The van der Waals surface area contributed by atoms with E-state index in [4.69, 9.17) is 23.2 Å². The van der Waals surface area contributed by atoms with Crippen LogP contribution in [-0.2, 0) is 0 Å². The van der Waals surface area contributed by atoms with Gasteiger partial charge in [0.05, 0.1) is 10.5 Å². The van der Waals surface area contributed by atoms with E-state index in [0.29, 0.717) is 3.57 Å². The van der Waals surface area contributed by atoms with E-state index < -0.39 is 10.2 Å². The Kier molecular flexibility index (Phi) is 3.68. The second-order valence-corrected chi connectivity index (χ2v) is 4.17. The molecule has 14 heavy (non-hydrogen) atoms. The third kappa shape index (κ3) is 2.15. The molecule has 1 aromatic rings. The maximum absolute atomic E-state index is 10.9. The average Bonchev–Trinajstić information content (AvgIpc) is 2.02. The van der Waals surface area contributed by atoms with E-state index in [0.717, 1.165) is 0 Å². The van der Waals surface area contributed by atoms with Crippen LogP contribution < -0.4 is 0 Å². The van der Waals surface area contributed by atoms with E-state index in [2.05, 4.69) is 0 Å². The van der Waals surface area contributed by atoms with Crippen LogP contribution in [0.25, 0.3) is 0 Å². The quantitative estimate of drug-likeness (QED) is 0.358. The van der Waals surface area contributed by atoms with Gasteiger partial charge in [-0.15, -0.1) is 0 Å². The van der Waals surface area contributed by atoms with Crippen LogP contribution in [-0.4, -0.2) is 10.2 Å². The van der Waals surface area contributed by atoms with Crippen LogP contribution in [0.4, 0.5) is 5.69 Å². The van der Waals surface area contributed by atoms with Crippen LogP contribution in [0.2, 0.25) is 5.02 Å². The highest BCUT2D eigenvalue weighted by Crippen LogP contribution is 2.32. The molecule has 0 heterocycles. The summed E-state index contributed by atoms with van der Waals surface area (Å²) in [6.45, 7) is 0. The molecule has 0 bridgehead atoms. The second-order valence-electron chi connectivity index (χ2n) is 2.29. The molecule has 1 rings (SSSR count). The first-order chi connectivity index (χ1) is 6.45. The minimum atomic E-state index is -0.803. The Labute approximate surface area is 102 Å². The third-order valence-corrected chi connectivity index (χ3v) is 2.93. The third-order valence-electron chi connectivity index (χ3n) is 1.46. The van der Waals surface area contributed by atoms with Crippen molar-refractivity contribution in [1.82, 2.24) is 0 Å². The Morgan fingerprint density at radius 1 is 1.50 bits per heavy atom. The summed E-state index contributed by atoms with van der Waals surface area (Å²) in [7, 11) is 0. The Bertz CT molecular complexity index is 422. The average molecular weight is 346 g/mol. The largest absolute Gasteiger partial charge is 0.288 e. The number of carbonyl (C=O) groups excluding carboxylic acids is 1. The van der Waals surface area contributed by atoms with E-state index in [1.54, 1.807) is 0 Å². The summed E-state index contributed by atoms with van der Waals surface area (Å²) < 4.78 is 0.484. The van der Waals surface area contributed by atoms with E-state index in [9.17, 15) is 14.9 Å². The van der Waals surface area contributed by atoms with Crippen molar-refractivity contribution in [2.75, 3.05) is 0 Å². The molecule has 7 heteroatoms. The number of carbonyl (C=O) groups is 1. The summed E-state index contributed by atoms with van der Waals surface area (Å²) in [5.41, 5.74) is -0.348. The van der Waals surface area contributed by atoms with Crippen molar-refractivity contribution < 1.29 is 9.72 Å². The molecule has 0 amide bonds. The predicted molar refractivity (Wildman–Crippen MR) is 61.0 cm³/mol. The molecule has 1 aromatic carbocycles. The van der Waals surface area contributed by atoms with Crippen molar-refractivity contribution in [3.63, 3.8) is 0 Å². The van der Waals surface area contributed by atoms with Gasteiger partial charge in [-0.3, -0.25) is 14.9 Å². The van der Waals surface area contributed by atoms with Crippen LogP contribution in [0.1, 0.15) is 10.4 Å². The predicted octanol–water partition coefficient (Wildman–Crippen LogP) is 3.23. The van der Waals surface area contributed by atoms with E-state index in [-0.39, 0.29) is 16.3 Å². The number of hydrogen-bond donors (Lipinski definition) is 0. The zero-order valence-corrected chi connectivity index (χ0v) is 10.1. The highest BCUT2D eigenvalue weighted by atomic mass is 127. The van der Waals surface area contributed by atoms with Gasteiger partial charge in [0.25, 0.3) is 10.9 Å². The van der Waals surface area contributed by atoms with E-state index >= 15 is 0 Å².